The molecule has 9 rings (SSSR count). The molecule has 0 saturated heterocycles. The number of esters is 1. The highest BCUT2D eigenvalue weighted by Gasteiger charge is 2.25. The number of aryl methyl sites for hydroxylation is 1. The van der Waals surface area contributed by atoms with Crippen molar-refractivity contribution in [3.05, 3.63) is 185 Å². The van der Waals surface area contributed by atoms with Crippen LogP contribution in [-0.4, -0.2) is 30.3 Å². The molecule has 15 heteroatoms. The lowest BCUT2D eigenvalue weighted by atomic mass is 10.1. The number of rotatable bonds is 8. The van der Waals surface area contributed by atoms with Crippen LogP contribution >= 0.6 is 0 Å². The Hall–Kier alpha value is -8.07. The predicted molar refractivity (Wildman–Crippen MR) is 225 cm³/mol. The van der Waals surface area contributed by atoms with E-state index in [9.17, 15) is 43.2 Å². The first-order valence-corrected chi connectivity index (χ1v) is 18.7. The largest absolute Gasteiger partial charge is 0.459 e. The minimum Gasteiger partial charge on any atom is -0.459 e. The number of carbonyl (C=O) groups is 1. The van der Waals surface area contributed by atoms with Gasteiger partial charge in [-0.05, 0) is 99.1 Å². The maximum absolute atomic E-state index is 14.2. The summed E-state index contributed by atoms with van der Waals surface area (Å²) in [4.78, 5) is 122. The monoisotopic (exact) mass is 802 g/mol. The van der Waals surface area contributed by atoms with Crippen LogP contribution in [-0.2, 0) is 11.8 Å². The zero-order chi connectivity index (χ0) is 42.5. The van der Waals surface area contributed by atoms with Gasteiger partial charge in [0.15, 0.2) is 0 Å². The van der Waals surface area contributed by atoms with Crippen molar-refractivity contribution in [2.45, 2.75) is 33.3 Å². The molecule has 0 aliphatic carbocycles. The summed E-state index contributed by atoms with van der Waals surface area (Å²) in [7, 11) is 1.28. The molecule has 0 bridgehead atoms. The molecule has 1 unspecified atom stereocenters. The topological polar surface area (TPSA) is 192 Å². The van der Waals surface area contributed by atoms with Crippen molar-refractivity contribution in [1.29, 1.82) is 0 Å². The van der Waals surface area contributed by atoms with Gasteiger partial charge in [-0.1, -0.05) is 24.6 Å². The number of aromatic nitrogens is 4. The lowest BCUT2D eigenvalue weighted by Crippen LogP contribution is -2.27. The van der Waals surface area contributed by atoms with Gasteiger partial charge in [0.2, 0.25) is 0 Å². The van der Waals surface area contributed by atoms with E-state index in [-0.39, 0.29) is 65.7 Å². The maximum Gasteiger partial charge on any atom is 0.338 e. The molecule has 4 aromatic heterocycles. The van der Waals surface area contributed by atoms with Gasteiger partial charge in [-0.25, -0.2) is 18.5 Å². The van der Waals surface area contributed by atoms with Gasteiger partial charge in [-0.2, -0.15) is 0 Å². The van der Waals surface area contributed by atoms with Crippen molar-refractivity contribution in [2.75, 3.05) is 0 Å². The molecular formula is C45H30N4O11. The van der Waals surface area contributed by atoms with Crippen LogP contribution in [0.25, 0.3) is 60.2 Å². The quantitative estimate of drug-likeness (QED) is 0.204. The molecule has 60 heavy (non-hydrogen) atoms. The van der Waals surface area contributed by atoms with Gasteiger partial charge in [-0.3, -0.25) is 42.9 Å². The highest BCUT2D eigenvalue weighted by molar-refractivity contribution is 6.00. The molecule has 5 aromatic carbocycles. The van der Waals surface area contributed by atoms with Crippen molar-refractivity contribution in [2.24, 2.45) is 7.05 Å². The molecule has 0 radical (unpaired) electrons. The molecule has 0 aliphatic heterocycles. The standard InChI is InChI=1S/C45H30N4O11/c1-5-22(3)59-45(58)23-14-25(48-41(54)31-17-29-30(18-32(31)42(48)55)38(51)46(4)37(29)50)16-26(15-23)49-43(56)35-19-33-34(20-36(35)44(49)57)40(53)47(39(33)52)24-8-12-28(13-9-24)60-27-10-6-21(2)7-11-27/h6-20,22H,5H2,1-4H3. The smallest absolute Gasteiger partial charge is 0.338 e. The fourth-order valence-electron chi connectivity index (χ4n) is 7.48. The van der Waals surface area contributed by atoms with Crippen molar-refractivity contribution >= 4 is 49.1 Å². The van der Waals surface area contributed by atoms with Gasteiger partial charge in [0.1, 0.15) is 11.5 Å². The Bertz CT molecular complexity index is 3600. The summed E-state index contributed by atoms with van der Waals surface area (Å²) in [5, 5.41) is -1.10. The Morgan fingerprint density at radius 3 is 1.23 bits per heavy atom. The molecule has 9 aromatic rings. The third-order valence-corrected chi connectivity index (χ3v) is 10.9. The van der Waals surface area contributed by atoms with Crippen molar-refractivity contribution in [3.8, 4) is 28.6 Å². The number of benzene rings is 5. The fraction of sp³-hybridized carbons (Fsp3) is 0.133. The third-order valence-electron chi connectivity index (χ3n) is 10.9. The third kappa shape index (κ3) is 5.61. The normalized spacial score (nSPS) is 12.3. The second-order valence-electron chi connectivity index (χ2n) is 14.7. The van der Waals surface area contributed by atoms with E-state index >= 15 is 0 Å². The Kier molecular flexibility index (Phi) is 8.45. The van der Waals surface area contributed by atoms with E-state index < -0.39 is 56.5 Å². The second kappa shape index (κ2) is 13.5. The molecule has 0 aliphatic rings. The van der Waals surface area contributed by atoms with Crippen LogP contribution in [0.5, 0.6) is 11.5 Å². The van der Waals surface area contributed by atoms with E-state index in [1.807, 2.05) is 31.2 Å². The van der Waals surface area contributed by atoms with Gasteiger partial charge in [0.25, 0.3) is 44.5 Å². The average molecular weight is 803 g/mol. The zero-order valence-electron chi connectivity index (χ0n) is 32.2. The zero-order valence-corrected chi connectivity index (χ0v) is 32.2. The molecule has 0 saturated carbocycles. The van der Waals surface area contributed by atoms with Crippen molar-refractivity contribution in [3.63, 3.8) is 0 Å². The van der Waals surface area contributed by atoms with Crippen LogP contribution in [0.2, 0.25) is 0 Å². The van der Waals surface area contributed by atoms with Crippen LogP contribution in [0.4, 0.5) is 0 Å². The number of nitrogens with zero attached hydrogens (tertiary/aromatic N) is 4. The van der Waals surface area contributed by atoms with Crippen LogP contribution < -0.4 is 49.2 Å². The molecule has 1 atom stereocenters. The Balaban J connectivity index is 1.19. The lowest BCUT2D eigenvalue weighted by molar-refractivity contribution is 0.0334. The van der Waals surface area contributed by atoms with E-state index in [0.717, 1.165) is 14.7 Å². The predicted octanol–water partition coefficient (Wildman–Crippen LogP) is 3.70. The summed E-state index contributed by atoms with van der Waals surface area (Å²) in [5.41, 5.74) is -5.74. The first-order valence-electron chi connectivity index (χ1n) is 18.7. The SMILES string of the molecule is CCC(C)OC(=O)c1cc(-n2c(=O)c3cc4c(=O)n(C)c(=O)c4cc3c2=O)cc(-n2c(=O)c3cc4c(=O)n(-c5ccc(Oc6ccc(C)cc6)cc5)c(=O)c4cc3c2=O)c1. The minimum atomic E-state index is -0.910. The molecular weight excluding hydrogens is 773 g/mol. The van der Waals surface area contributed by atoms with E-state index in [0.29, 0.717) is 27.1 Å². The van der Waals surface area contributed by atoms with Gasteiger partial charge in [0.05, 0.1) is 71.8 Å². The van der Waals surface area contributed by atoms with Crippen molar-refractivity contribution < 1.29 is 14.3 Å². The molecule has 0 amide bonds. The number of hydrogen-bond acceptors (Lipinski definition) is 11. The number of hydrogen-bond donors (Lipinski definition) is 0. The Morgan fingerprint density at radius 1 is 0.500 bits per heavy atom. The number of carbonyl (C=O) groups excluding carboxylic acids is 1. The van der Waals surface area contributed by atoms with E-state index in [1.54, 1.807) is 26.0 Å². The summed E-state index contributed by atoms with van der Waals surface area (Å²) in [6.45, 7) is 5.38. The average Bonchev–Trinajstić information content (AvgIpc) is 3.82. The fourth-order valence-corrected chi connectivity index (χ4v) is 7.48. The highest BCUT2D eigenvalue weighted by Crippen LogP contribution is 2.25. The number of fused-ring (bicyclic) bond motifs is 4. The molecule has 15 nitrogen and oxygen atoms in total. The van der Waals surface area contributed by atoms with E-state index in [2.05, 4.69) is 0 Å². The van der Waals surface area contributed by atoms with E-state index in [4.69, 9.17) is 9.47 Å². The summed E-state index contributed by atoms with van der Waals surface area (Å²) in [6, 6.07) is 21.9. The first kappa shape index (κ1) is 37.5. The molecule has 0 spiro atoms. The summed E-state index contributed by atoms with van der Waals surface area (Å²) in [6.07, 6.45) is -0.111. The van der Waals surface area contributed by atoms with Crippen LogP contribution in [0.3, 0.4) is 0 Å². The molecule has 4 heterocycles. The Morgan fingerprint density at radius 2 is 0.850 bits per heavy atom. The van der Waals surface area contributed by atoms with Crippen LogP contribution in [0.1, 0.15) is 36.2 Å². The van der Waals surface area contributed by atoms with Gasteiger partial charge in [-0.15, -0.1) is 0 Å². The summed E-state index contributed by atoms with van der Waals surface area (Å²) >= 11 is 0. The van der Waals surface area contributed by atoms with Gasteiger partial charge < -0.3 is 9.47 Å². The van der Waals surface area contributed by atoms with E-state index in [1.165, 1.54) is 61.6 Å². The van der Waals surface area contributed by atoms with Crippen LogP contribution in [0.15, 0.2) is 129 Å². The second-order valence-corrected chi connectivity index (χ2v) is 14.7. The molecule has 0 fully saturated rings. The van der Waals surface area contributed by atoms with Crippen LogP contribution in [0, 0.1) is 6.92 Å². The van der Waals surface area contributed by atoms with Gasteiger partial charge >= 0.3 is 5.97 Å². The Labute approximate surface area is 334 Å². The number of ether oxygens (including phenoxy) is 2. The summed E-state index contributed by atoms with van der Waals surface area (Å²) < 4.78 is 14.6. The van der Waals surface area contributed by atoms with Crippen molar-refractivity contribution in [1.82, 2.24) is 18.3 Å². The molecule has 0 N–H and O–H groups in total. The molecule has 296 valence electrons. The minimum absolute atomic E-state index is 0.0600. The summed E-state index contributed by atoms with van der Waals surface area (Å²) in [5.74, 6) is 0.170. The van der Waals surface area contributed by atoms with Gasteiger partial charge in [0, 0.05) is 7.05 Å². The lowest BCUT2D eigenvalue weighted by Gasteiger charge is -2.13. The first-order chi connectivity index (χ1) is 28.7. The highest BCUT2D eigenvalue weighted by atomic mass is 16.5. The maximum atomic E-state index is 14.2.